The molecule has 1 amide bonds. The van der Waals surface area contributed by atoms with E-state index in [2.05, 4.69) is 5.43 Å². The Bertz CT molecular complexity index is 381. The van der Waals surface area contributed by atoms with Crippen LogP contribution in [0.1, 0.15) is 18.9 Å². The smallest absolute Gasteiger partial charge is 0.234 e. The fourth-order valence-electron chi connectivity index (χ4n) is 1.33. The van der Waals surface area contributed by atoms with Crippen molar-refractivity contribution in [3.8, 4) is 0 Å². The number of hydrogen-bond acceptors (Lipinski definition) is 4. The van der Waals surface area contributed by atoms with Gasteiger partial charge in [-0.25, -0.2) is 5.84 Å². The number of amides is 1. The lowest BCUT2D eigenvalue weighted by molar-refractivity contribution is -0.121. The lowest BCUT2D eigenvalue weighted by atomic mass is 10.2. The van der Waals surface area contributed by atoms with Crippen LogP contribution < -0.4 is 17.0 Å². The minimum atomic E-state index is -0.161. The van der Waals surface area contributed by atoms with Crippen molar-refractivity contribution in [2.24, 2.45) is 5.84 Å². The third-order valence-electron chi connectivity index (χ3n) is 2.25. The number of nitrogens with one attached hydrogen (secondary N) is 1. The summed E-state index contributed by atoms with van der Waals surface area (Å²) >= 11 is 1.59. The van der Waals surface area contributed by atoms with Gasteiger partial charge in [0.05, 0.1) is 0 Å². The molecule has 0 fully saturated rings. The number of rotatable bonds is 4. The number of hydrazine groups is 1. The molecule has 5 N–H and O–H groups in total. The maximum atomic E-state index is 11.1. The molecule has 0 radical (unpaired) electrons. The van der Waals surface area contributed by atoms with Gasteiger partial charge in [0.1, 0.15) is 0 Å². The molecule has 1 atom stereocenters. The number of thioether (sulfide) groups is 1. The van der Waals surface area contributed by atoms with Crippen molar-refractivity contribution in [3.05, 3.63) is 23.8 Å². The molecule has 88 valence electrons. The number of anilines is 1. The Morgan fingerprint density at radius 2 is 2.25 bits per heavy atom. The van der Waals surface area contributed by atoms with E-state index in [0.29, 0.717) is 6.42 Å². The van der Waals surface area contributed by atoms with Crippen LogP contribution >= 0.6 is 11.8 Å². The molecule has 0 aromatic heterocycles. The van der Waals surface area contributed by atoms with E-state index in [1.807, 2.05) is 32.0 Å². The van der Waals surface area contributed by atoms with E-state index in [4.69, 9.17) is 11.6 Å². The van der Waals surface area contributed by atoms with Crippen LogP contribution in [0.4, 0.5) is 5.69 Å². The first-order chi connectivity index (χ1) is 7.54. The monoisotopic (exact) mass is 239 g/mol. The van der Waals surface area contributed by atoms with Gasteiger partial charge >= 0.3 is 0 Å². The minimum Gasteiger partial charge on any atom is -0.398 e. The molecule has 4 nitrogen and oxygen atoms in total. The molecular weight excluding hydrogens is 222 g/mol. The number of nitrogens with two attached hydrogens (primary N) is 2. The van der Waals surface area contributed by atoms with Gasteiger partial charge < -0.3 is 5.73 Å². The first kappa shape index (κ1) is 12.9. The second-order valence-corrected chi connectivity index (χ2v) is 5.17. The molecule has 1 aromatic carbocycles. The first-order valence-corrected chi connectivity index (χ1v) is 5.93. The average molecular weight is 239 g/mol. The zero-order chi connectivity index (χ0) is 12.1. The predicted molar refractivity (Wildman–Crippen MR) is 67.9 cm³/mol. The van der Waals surface area contributed by atoms with Crippen LogP contribution in [0.3, 0.4) is 0 Å². The molecule has 1 aromatic rings. The lowest BCUT2D eigenvalue weighted by Gasteiger charge is -2.12. The molecule has 0 bridgehead atoms. The molecular formula is C11H17N3OS. The summed E-state index contributed by atoms with van der Waals surface area (Å²) < 4.78 is 0. The van der Waals surface area contributed by atoms with Crippen LogP contribution in [0, 0.1) is 6.92 Å². The molecule has 0 aliphatic heterocycles. The number of para-hydroxylation sites is 1. The maximum Gasteiger partial charge on any atom is 0.234 e. The van der Waals surface area contributed by atoms with Gasteiger partial charge in [0.25, 0.3) is 0 Å². The van der Waals surface area contributed by atoms with E-state index in [1.54, 1.807) is 11.8 Å². The second kappa shape index (κ2) is 5.77. The maximum absolute atomic E-state index is 11.1. The number of hydrogen-bond donors (Lipinski definition) is 3. The minimum absolute atomic E-state index is 0.146. The number of carbonyl (C=O) groups is 1. The highest BCUT2D eigenvalue weighted by molar-refractivity contribution is 8.00. The van der Waals surface area contributed by atoms with Crippen LogP contribution in [-0.4, -0.2) is 11.2 Å². The van der Waals surface area contributed by atoms with E-state index in [-0.39, 0.29) is 11.2 Å². The van der Waals surface area contributed by atoms with Crippen LogP contribution in [0.2, 0.25) is 0 Å². The van der Waals surface area contributed by atoms with E-state index >= 15 is 0 Å². The molecule has 1 rings (SSSR count). The molecule has 0 saturated carbocycles. The zero-order valence-electron chi connectivity index (χ0n) is 9.49. The SMILES string of the molecule is Cc1cccc(SC(C)CC(=O)NN)c1N. The third kappa shape index (κ3) is 3.43. The van der Waals surface area contributed by atoms with Crippen molar-refractivity contribution >= 4 is 23.4 Å². The quantitative estimate of drug-likeness (QED) is 0.244. The molecule has 1 unspecified atom stereocenters. The highest BCUT2D eigenvalue weighted by Gasteiger charge is 2.11. The van der Waals surface area contributed by atoms with E-state index < -0.39 is 0 Å². The Morgan fingerprint density at radius 3 is 2.88 bits per heavy atom. The molecule has 0 spiro atoms. The van der Waals surface area contributed by atoms with E-state index in [0.717, 1.165) is 16.1 Å². The summed E-state index contributed by atoms with van der Waals surface area (Å²) in [6.07, 6.45) is 0.383. The van der Waals surface area contributed by atoms with Crippen molar-refractivity contribution in [1.29, 1.82) is 0 Å². The number of benzene rings is 1. The van der Waals surface area contributed by atoms with Crippen LogP contribution in [0.15, 0.2) is 23.1 Å². The largest absolute Gasteiger partial charge is 0.398 e. The van der Waals surface area contributed by atoms with Crippen LogP contribution in [0.25, 0.3) is 0 Å². The van der Waals surface area contributed by atoms with Gasteiger partial charge in [0.2, 0.25) is 5.91 Å². The van der Waals surface area contributed by atoms with E-state index in [1.165, 1.54) is 0 Å². The van der Waals surface area contributed by atoms with Crippen molar-refractivity contribution < 1.29 is 4.79 Å². The van der Waals surface area contributed by atoms with Crippen molar-refractivity contribution in [3.63, 3.8) is 0 Å². The Labute approximate surface area is 99.7 Å². The van der Waals surface area contributed by atoms with Gasteiger partial charge in [-0.05, 0) is 18.6 Å². The van der Waals surface area contributed by atoms with Gasteiger partial charge in [-0.1, -0.05) is 19.1 Å². The Morgan fingerprint density at radius 1 is 1.56 bits per heavy atom. The zero-order valence-corrected chi connectivity index (χ0v) is 10.3. The van der Waals surface area contributed by atoms with Crippen LogP contribution in [0.5, 0.6) is 0 Å². The Kier molecular flexibility index (Phi) is 4.64. The molecule has 0 heterocycles. The summed E-state index contributed by atoms with van der Waals surface area (Å²) in [5, 5.41) is 0.146. The van der Waals surface area contributed by atoms with Crippen molar-refractivity contribution in [2.75, 3.05) is 5.73 Å². The van der Waals surface area contributed by atoms with Gasteiger partial charge in [-0.2, -0.15) is 0 Å². The fourth-order valence-corrected chi connectivity index (χ4v) is 2.45. The van der Waals surface area contributed by atoms with Crippen molar-refractivity contribution in [2.45, 2.75) is 30.4 Å². The number of carbonyl (C=O) groups excluding carboxylic acids is 1. The summed E-state index contributed by atoms with van der Waals surface area (Å²) in [5.41, 5.74) is 9.91. The van der Waals surface area contributed by atoms with Crippen LogP contribution in [-0.2, 0) is 4.79 Å². The number of nitrogen functional groups attached to an aromatic ring is 1. The molecule has 5 heteroatoms. The fraction of sp³-hybridized carbons (Fsp3) is 0.364. The van der Waals surface area contributed by atoms with Gasteiger partial charge in [0.15, 0.2) is 0 Å². The number of aryl methyl sites for hydroxylation is 1. The topological polar surface area (TPSA) is 81.1 Å². The summed E-state index contributed by atoms with van der Waals surface area (Å²) in [6, 6.07) is 5.89. The summed E-state index contributed by atoms with van der Waals surface area (Å²) in [6.45, 7) is 3.94. The summed E-state index contributed by atoms with van der Waals surface area (Å²) in [7, 11) is 0. The third-order valence-corrected chi connectivity index (χ3v) is 3.43. The standard InChI is InChI=1S/C11H17N3OS/c1-7-4-3-5-9(11(7)12)16-8(2)6-10(15)14-13/h3-5,8H,6,12-13H2,1-2H3,(H,14,15). The van der Waals surface area contributed by atoms with Gasteiger partial charge in [-0.3, -0.25) is 10.2 Å². The normalized spacial score (nSPS) is 12.2. The van der Waals surface area contributed by atoms with Gasteiger partial charge in [0, 0.05) is 22.3 Å². The highest BCUT2D eigenvalue weighted by Crippen LogP contribution is 2.31. The average Bonchev–Trinajstić information content (AvgIpc) is 2.24. The van der Waals surface area contributed by atoms with Crippen molar-refractivity contribution in [1.82, 2.24) is 5.43 Å². The Hall–Kier alpha value is -1.20. The summed E-state index contributed by atoms with van der Waals surface area (Å²) in [5.74, 6) is 4.87. The predicted octanol–water partition coefficient (Wildman–Crippen LogP) is 1.44. The second-order valence-electron chi connectivity index (χ2n) is 3.69. The molecule has 0 aliphatic carbocycles. The van der Waals surface area contributed by atoms with E-state index in [9.17, 15) is 4.79 Å². The molecule has 0 aliphatic rings. The summed E-state index contributed by atoms with van der Waals surface area (Å²) in [4.78, 5) is 12.1. The molecule has 16 heavy (non-hydrogen) atoms. The lowest BCUT2D eigenvalue weighted by Crippen LogP contribution is -2.31. The molecule has 0 saturated heterocycles. The highest BCUT2D eigenvalue weighted by atomic mass is 32.2. The first-order valence-electron chi connectivity index (χ1n) is 5.05. The Balaban J connectivity index is 2.66. The van der Waals surface area contributed by atoms with Gasteiger partial charge in [-0.15, -0.1) is 11.8 Å².